The predicted octanol–water partition coefficient (Wildman–Crippen LogP) is 3.44. The van der Waals surface area contributed by atoms with Crippen molar-refractivity contribution in [2.45, 2.75) is 31.7 Å². The van der Waals surface area contributed by atoms with Crippen LogP contribution >= 0.6 is 11.6 Å². The standard InChI is InChI=1S/C14H17ClN2O/c1-10-2-3-12-13(8-10)17(14(9-15)16-12)11-4-6-18-7-5-11/h2-3,8,11H,4-7,9H2,1H3. The number of imidazole rings is 1. The van der Waals surface area contributed by atoms with Gasteiger partial charge in [0.05, 0.1) is 16.9 Å². The Morgan fingerprint density at radius 3 is 2.89 bits per heavy atom. The summed E-state index contributed by atoms with van der Waals surface area (Å²) in [5, 5.41) is 0. The monoisotopic (exact) mass is 264 g/mol. The number of rotatable bonds is 2. The van der Waals surface area contributed by atoms with Gasteiger partial charge in [0, 0.05) is 19.3 Å². The number of aryl methyl sites for hydroxylation is 1. The van der Waals surface area contributed by atoms with Crippen LogP contribution in [-0.4, -0.2) is 22.8 Å². The Morgan fingerprint density at radius 1 is 1.39 bits per heavy atom. The van der Waals surface area contributed by atoms with Crippen molar-refractivity contribution < 1.29 is 4.74 Å². The van der Waals surface area contributed by atoms with E-state index < -0.39 is 0 Å². The van der Waals surface area contributed by atoms with Gasteiger partial charge in [-0.05, 0) is 37.5 Å². The van der Waals surface area contributed by atoms with E-state index >= 15 is 0 Å². The van der Waals surface area contributed by atoms with E-state index in [1.54, 1.807) is 0 Å². The van der Waals surface area contributed by atoms with Crippen molar-refractivity contribution >= 4 is 22.6 Å². The van der Waals surface area contributed by atoms with Crippen LogP contribution in [0.5, 0.6) is 0 Å². The van der Waals surface area contributed by atoms with E-state index in [9.17, 15) is 0 Å². The molecular formula is C14H17ClN2O. The topological polar surface area (TPSA) is 27.1 Å². The van der Waals surface area contributed by atoms with Gasteiger partial charge in [-0.15, -0.1) is 11.6 Å². The van der Waals surface area contributed by atoms with Crippen LogP contribution in [0.4, 0.5) is 0 Å². The summed E-state index contributed by atoms with van der Waals surface area (Å²) in [5.74, 6) is 1.44. The largest absolute Gasteiger partial charge is 0.381 e. The lowest BCUT2D eigenvalue weighted by molar-refractivity contribution is 0.0700. The predicted molar refractivity (Wildman–Crippen MR) is 73.1 cm³/mol. The molecule has 0 N–H and O–H groups in total. The summed E-state index contributed by atoms with van der Waals surface area (Å²) in [6, 6.07) is 6.85. The smallest absolute Gasteiger partial charge is 0.125 e. The van der Waals surface area contributed by atoms with E-state index in [0.29, 0.717) is 11.9 Å². The van der Waals surface area contributed by atoms with Crippen molar-refractivity contribution in [3.8, 4) is 0 Å². The maximum atomic E-state index is 6.05. The molecule has 1 fully saturated rings. The molecule has 0 amide bonds. The average molecular weight is 265 g/mol. The SMILES string of the molecule is Cc1ccc2nc(CCl)n(C3CCOCC3)c2c1. The Hall–Kier alpha value is -1.06. The minimum Gasteiger partial charge on any atom is -0.381 e. The first-order valence-electron chi connectivity index (χ1n) is 6.41. The maximum Gasteiger partial charge on any atom is 0.125 e. The normalized spacial score (nSPS) is 17.4. The fourth-order valence-electron chi connectivity index (χ4n) is 2.70. The lowest BCUT2D eigenvalue weighted by Gasteiger charge is -2.25. The third kappa shape index (κ3) is 2.02. The minimum atomic E-state index is 0.463. The Morgan fingerprint density at radius 2 is 2.17 bits per heavy atom. The molecule has 1 aliphatic rings. The molecule has 3 nitrogen and oxygen atoms in total. The number of nitrogens with zero attached hydrogens (tertiary/aromatic N) is 2. The second-order valence-corrected chi connectivity index (χ2v) is 5.13. The van der Waals surface area contributed by atoms with Gasteiger partial charge in [0.25, 0.3) is 0 Å². The Balaban J connectivity index is 2.14. The summed E-state index contributed by atoms with van der Waals surface area (Å²) >= 11 is 6.05. The van der Waals surface area contributed by atoms with Gasteiger partial charge >= 0.3 is 0 Å². The van der Waals surface area contributed by atoms with Crippen molar-refractivity contribution in [2.75, 3.05) is 13.2 Å². The second kappa shape index (κ2) is 4.90. The molecule has 1 saturated heterocycles. The zero-order chi connectivity index (χ0) is 12.5. The highest BCUT2D eigenvalue weighted by Crippen LogP contribution is 2.29. The molecule has 1 aromatic carbocycles. The third-order valence-electron chi connectivity index (χ3n) is 3.59. The molecule has 1 aromatic heterocycles. The van der Waals surface area contributed by atoms with Crippen LogP contribution in [0.25, 0.3) is 11.0 Å². The molecule has 96 valence electrons. The number of hydrogen-bond donors (Lipinski definition) is 0. The van der Waals surface area contributed by atoms with E-state index in [1.165, 1.54) is 11.1 Å². The number of alkyl halides is 1. The molecule has 0 unspecified atom stereocenters. The number of benzene rings is 1. The van der Waals surface area contributed by atoms with Crippen LogP contribution in [0.2, 0.25) is 0 Å². The summed E-state index contributed by atoms with van der Waals surface area (Å²) in [6.07, 6.45) is 2.09. The van der Waals surface area contributed by atoms with E-state index in [0.717, 1.165) is 37.4 Å². The number of hydrogen-bond acceptors (Lipinski definition) is 2. The van der Waals surface area contributed by atoms with E-state index in [-0.39, 0.29) is 0 Å². The lowest BCUT2D eigenvalue weighted by Crippen LogP contribution is -2.20. The second-order valence-electron chi connectivity index (χ2n) is 4.87. The van der Waals surface area contributed by atoms with E-state index in [4.69, 9.17) is 16.3 Å². The van der Waals surface area contributed by atoms with Gasteiger partial charge in [-0.3, -0.25) is 0 Å². The van der Waals surface area contributed by atoms with Gasteiger partial charge < -0.3 is 9.30 Å². The maximum absolute atomic E-state index is 6.05. The fraction of sp³-hybridized carbons (Fsp3) is 0.500. The van der Waals surface area contributed by atoms with Crippen molar-refractivity contribution in [3.63, 3.8) is 0 Å². The first kappa shape index (κ1) is 12.0. The quantitative estimate of drug-likeness (QED) is 0.777. The highest BCUT2D eigenvalue weighted by Gasteiger charge is 2.21. The zero-order valence-electron chi connectivity index (χ0n) is 10.5. The van der Waals surface area contributed by atoms with E-state index in [2.05, 4.69) is 34.7 Å². The Labute approximate surface area is 112 Å². The van der Waals surface area contributed by atoms with Gasteiger partial charge in [0.1, 0.15) is 5.82 Å². The molecule has 0 spiro atoms. The first-order chi connectivity index (χ1) is 8.79. The Bertz CT molecular complexity index is 558. The van der Waals surface area contributed by atoms with Crippen LogP contribution < -0.4 is 0 Å². The molecule has 0 bridgehead atoms. The summed E-state index contributed by atoms with van der Waals surface area (Å²) < 4.78 is 7.76. The van der Waals surface area contributed by atoms with Gasteiger partial charge in [0.15, 0.2) is 0 Å². The van der Waals surface area contributed by atoms with Crippen molar-refractivity contribution in [3.05, 3.63) is 29.6 Å². The van der Waals surface area contributed by atoms with Crippen molar-refractivity contribution in [1.82, 2.24) is 9.55 Å². The number of ether oxygens (including phenoxy) is 1. The molecule has 0 aliphatic carbocycles. The van der Waals surface area contributed by atoms with Crippen LogP contribution in [0.3, 0.4) is 0 Å². The molecule has 3 rings (SSSR count). The summed E-state index contributed by atoms with van der Waals surface area (Å²) in [6.45, 7) is 3.77. The number of aromatic nitrogens is 2. The van der Waals surface area contributed by atoms with Crippen molar-refractivity contribution in [1.29, 1.82) is 0 Å². The molecule has 2 aromatic rings. The average Bonchev–Trinajstić information content (AvgIpc) is 2.77. The third-order valence-corrected chi connectivity index (χ3v) is 3.83. The molecule has 0 atom stereocenters. The lowest BCUT2D eigenvalue weighted by atomic mass is 10.1. The molecule has 2 heterocycles. The highest BCUT2D eigenvalue weighted by molar-refractivity contribution is 6.16. The molecule has 0 saturated carbocycles. The van der Waals surface area contributed by atoms with Crippen LogP contribution in [0.1, 0.15) is 30.3 Å². The van der Waals surface area contributed by atoms with Gasteiger partial charge in [-0.1, -0.05) is 6.07 Å². The van der Waals surface area contributed by atoms with Gasteiger partial charge in [-0.25, -0.2) is 4.98 Å². The molecule has 4 heteroatoms. The van der Waals surface area contributed by atoms with Gasteiger partial charge in [-0.2, -0.15) is 0 Å². The summed E-state index contributed by atoms with van der Waals surface area (Å²) in [4.78, 5) is 4.64. The van der Waals surface area contributed by atoms with Crippen molar-refractivity contribution in [2.24, 2.45) is 0 Å². The van der Waals surface area contributed by atoms with Crippen LogP contribution in [0.15, 0.2) is 18.2 Å². The summed E-state index contributed by atoms with van der Waals surface area (Å²) in [5.41, 5.74) is 3.51. The number of halogens is 1. The molecular weight excluding hydrogens is 248 g/mol. The van der Waals surface area contributed by atoms with Gasteiger partial charge in [0.2, 0.25) is 0 Å². The number of fused-ring (bicyclic) bond motifs is 1. The molecule has 18 heavy (non-hydrogen) atoms. The minimum absolute atomic E-state index is 0.463. The fourth-order valence-corrected chi connectivity index (χ4v) is 2.89. The van der Waals surface area contributed by atoms with Crippen LogP contribution in [0, 0.1) is 6.92 Å². The zero-order valence-corrected chi connectivity index (χ0v) is 11.3. The first-order valence-corrected chi connectivity index (χ1v) is 6.94. The molecule has 0 radical (unpaired) electrons. The summed E-state index contributed by atoms with van der Waals surface area (Å²) in [7, 11) is 0. The highest BCUT2D eigenvalue weighted by atomic mass is 35.5. The Kier molecular flexibility index (Phi) is 3.27. The molecule has 1 aliphatic heterocycles. The van der Waals surface area contributed by atoms with Crippen LogP contribution in [-0.2, 0) is 10.6 Å². The van der Waals surface area contributed by atoms with E-state index in [1.807, 2.05) is 0 Å².